The molecule has 1 heterocycles. The van der Waals surface area contributed by atoms with E-state index in [4.69, 9.17) is 21.6 Å². The topological polar surface area (TPSA) is 165 Å². The number of fused-ring (bicyclic) bond motifs is 1. The van der Waals surface area contributed by atoms with Crippen molar-refractivity contribution < 1.29 is 23.9 Å². The maximum absolute atomic E-state index is 12.8. The number of aromatic amines is 1. The van der Waals surface area contributed by atoms with E-state index in [-0.39, 0.29) is 37.6 Å². The molecule has 0 fully saturated rings. The molecule has 0 saturated heterocycles. The molecule has 5 N–H and O–H groups in total. The Kier molecular flexibility index (Phi) is 10.0. The van der Waals surface area contributed by atoms with Crippen LogP contribution in [0.15, 0.2) is 47.3 Å². The molecular weight excluding hydrogens is 502 g/mol. The molecule has 1 aromatic heterocycles. The van der Waals surface area contributed by atoms with Crippen LogP contribution in [0.3, 0.4) is 0 Å². The second-order valence-electron chi connectivity index (χ2n) is 8.57. The van der Waals surface area contributed by atoms with Crippen molar-refractivity contribution >= 4 is 40.4 Å². The molecule has 0 aliphatic rings. The van der Waals surface area contributed by atoms with Gasteiger partial charge in [0.1, 0.15) is 6.04 Å². The number of terminal acetylenes is 1. The van der Waals surface area contributed by atoms with Gasteiger partial charge in [0.05, 0.1) is 30.2 Å². The molecule has 0 bridgehead atoms. The van der Waals surface area contributed by atoms with Crippen LogP contribution in [0.4, 0.5) is 11.6 Å². The summed E-state index contributed by atoms with van der Waals surface area (Å²) in [4.78, 5) is 55.6. The molecule has 0 spiro atoms. The molecule has 39 heavy (non-hydrogen) atoms. The summed E-state index contributed by atoms with van der Waals surface area (Å²) in [5.41, 5.74) is 7.57. The number of anilines is 2. The number of hydrogen-bond acceptors (Lipinski definition) is 9. The smallest absolute Gasteiger partial charge is 0.328 e. The number of aromatic nitrogens is 2. The highest BCUT2D eigenvalue weighted by atomic mass is 16.5. The number of carbonyl (C=O) groups is 3. The molecule has 0 radical (unpaired) electrons. The minimum absolute atomic E-state index is 0.0376. The zero-order chi connectivity index (χ0) is 28.4. The molecule has 0 saturated carbocycles. The van der Waals surface area contributed by atoms with Gasteiger partial charge in [-0.15, -0.1) is 6.42 Å². The van der Waals surface area contributed by atoms with Crippen LogP contribution < -0.4 is 21.9 Å². The number of nitrogens with one attached hydrogen (secondary N) is 3. The molecule has 0 aliphatic carbocycles. The summed E-state index contributed by atoms with van der Waals surface area (Å²) in [6.07, 6.45) is 6.18. The number of rotatable bonds is 12. The number of nitrogen functional groups attached to an aromatic ring is 1. The van der Waals surface area contributed by atoms with Crippen molar-refractivity contribution in [3.63, 3.8) is 0 Å². The summed E-state index contributed by atoms with van der Waals surface area (Å²) in [5.74, 6) is 1.16. The predicted octanol–water partition coefficient (Wildman–Crippen LogP) is 2.17. The molecule has 3 aromatic rings. The molecule has 11 nitrogen and oxygen atoms in total. The number of hydrogen-bond donors (Lipinski definition) is 4. The van der Waals surface area contributed by atoms with Crippen LogP contribution in [0.2, 0.25) is 0 Å². The summed E-state index contributed by atoms with van der Waals surface area (Å²) in [6, 6.07) is 10.4. The van der Waals surface area contributed by atoms with Crippen LogP contribution in [0.1, 0.15) is 42.6 Å². The van der Waals surface area contributed by atoms with E-state index < -0.39 is 29.9 Å². The SMILES string of the molecule is C#CC(Cc1ccc2nc(N)[nH]c(=O)c2c1)Nc1ccc(C(=O)N[C@@H](CCC(=O)OCC)C(=O)OCC)cc1. The Morgan fingerprint density at radius 1 is 1.10 bits per heavy atom. The van der Waals surface area contributed by atoms with Crippen molar-refractivity contribution in [3.05, 3.63) is 63.9 Å². The lowest BCUT2D eigenvalue weighted by atomic mass is 10.0. The lowest BCUT2D eigenvalue weighted by Crippen LogP contribution is -2.42. The zero-order valence-electron chi connectivity index (χ0n) is 21.8. The minimum Gasteiger partial charge on any atom is -0.466 e. The molecule has 1 amide bonds. The van der Waals surface area contributed by atoms with E-state index in [1.807, 2.05) is 6.07 Å². The van der Waals surface area contributed by atoms with Crippen molar-refractivity contribution in [1.29, 1.82) is 0 Å². The summed E-state index contributed by atoms with van der Waals surface area (Å²) in [5, 5.41) is 6.26. The molecule has 3 rings (SSSR count). The van der Waals surface area contributed by atoms with E-state index in [0.717, 1.165) is 5.56 Å². The first-order valence-corrected chi connectivity index (χ1v) is 12.5. The Hall–Kier alpha value is -4.85. The summed E-state index contributed by atoms with van der Waals surface area (Å²) < 4.78 is 9.92. The number of esters is 2. The highest BCUT2D eigenvalue weighted by molar-refractivity contribution is 5.97. The highest BCUT2D eigenvalue weighted by Crippen LogP contribution is 2.16. The first-order chi connectivity index (χ1) is 18.7. The molecule has 2 atom stereocenters. The first-order valence-electron chi connectivity index (χ1n) is 12.5. The van der Waals surface area contributed by atoms with Crippen molar-refractivity contribution in [2.24, 2.45) is 0 Å². The van der Waals surface area contributed by atoms with Crippen molar-refractivity contribution in [2.75, 3.05) is 24.3 Å². The molecule has 11 heteroatoms. The number of nitrogens with zero attached hydrogens (tertiary/aromatic N) is 1. The first kappa shape index (κ1) is 28.7. The maximum Gasteiger partial charge on any atom is 0.328 e. The molecule has 1 unspecified atom stereocenters. The summed E-state index contributed by atoms with van der Waals surface area (Å²) >= 11 is 0. The van der Waals surface area contributed by atoms with Crippen molar-refractivity contribution in [3.8, 4) is 12.3 Å². The van der Waals surface area contributed by atoms with Gasteiger partial charge in [0.15, 0.2) is 0 Å². The van der Waals surface area contributed by atoms with Gasteiger partial charge in [-0.1, -0.05) is 12.0 Å². The zero-order valence-corrected chi connectivity index (χ0v) is 21.8. The number of nitrogens with two attached hydrogens (primary N) is 1. The van der Waals surface area contributed by atoms with Gasteiger partial charge in [0.2, 0.25) is 5.95 Å². The lowest BCUT2D eigenvalue weighted by molar-refractivity contribution is -0.146. The minimum atomic E-state index is -0.994. The molecule has 2 aromatic carbocycles. The van der Waals surface area contributed by atoms with Gasteiger partial charge in [-0.05, 0) is 62.2 Å². The van der Waals surface area contributed by atoms with Crippen LogP contribution in [-0.2, 0) is 25.5 Å². The fourth-order valence-corrected chi connectivity index (χ4v) is 3.87. The number of amides is 1. The van der Waals surface area contributed by atoms with E-state index in [0.29, 0.717) is 28.6 Å². The van der Waals surface area contributed by atoms with E-state index in [2.05, 4.69) is 26.5 Å². The third-order valence-electron chi connectivity index (χ3n) is 5.74. The Labute approximate surface area is 225 Å². The van der Waals surface area contributed by atoms with Gasteiger partial charge in [0, 0.05) is 24.1 Å². The largest absolute Gasteiger partial charge is 0.466 e. The second kappa shape index (κ2) is 13.6. The van der Waals surface area contributed by atoms with Gasteiger partial charge < -0.3 is 25.8 Å². The van der Waals surface area contributed by atoms with Crippen molar-refractivity contribution in [2.45, 2.75) is 45.2 Å². The van der Waals surface area contributed by atoms with E-state index in [1.165, 1.54) is 0 Å². The normalized spacial score (nSPS) is 12.1. The third-order valence-corrected chi connectivity index (χ3v) is 5.74. The monoisotopic (exact) mass is 533 g/mol. The highest BCUT2D eigenvalue weighted by Gasteiger charge is 2.24. The Morgan fingerprint density at radius 3 is 2.49 bits per heavy atom. The summed E-state index contributed by atoms with van der Waals surface area (Å²) in [7, 11) is 0. The Balaban J connectivity index is 1.64. The van der Waals surface area contributed by atoms with Crippen LogP contribution in [-0.4, -0.2) is 53.1 Å². The third kappa shape index (κ3) is 8.07. The van der Waals surface area contributed by atoms with Gasteiger partial charge in [-0.25, -0.2) is 9.78 Å². The number of ether oxygens (including phenoxy) is 2. The van der Waals surface area contributed by atoms with E-state index in [9.17, 15) is 19.2 Å². The molecule has 0 aliphatic heterocycles. The van der Waals surface area contributed by atoms with E-state index in [1.54, 1.807) is 50.2 Å². The number of carbonyl (C=O) groups excluding carboxylic acids is 3. The van der Waals surface area contributed by atoms with Crippen LogP contribution in [0, 0.1) is 12.3 Å². The standard InChI is InChI=1S/C28H31N5O6/c1-4-19(15-17-7-12-22-21(16-17)26(36)33-28(29)32-22)30-20-10-8-18(9-11-20)25(35)31-23(27(37)39-6-3)13-14-24(34)38-5-2/h1,7-12,16,19,23,30H,5-6,13-15H2,2-3H3,(H,31,35)(H3,29,32,33,36)/t19?,23-/m0/s1. The number of benzene rings is 2. The summed E-state index contributed by atoms with van der Waals surface area (Å²) in [6.45, 7) is 3.71. The fourth-order valence-electron chi connectivity index (χ4n) is 3.87. The van der Waals surface area contributed by atoms with Gasteiger partial charge in [-0.2, -0.15) is 0 Å². The molecular formula is C28H31N5O6. The Bertz CT molecular complexity index is 1430. The lowest BCUT2D eigenvalue weighted by Gasteiger charge is -2.18. The average molecular weight is 534 g/mol. The van der Waals surface area contributed by atoms with Crippen molar-refractivity contribution in [1.82, 2.24) is 15.3 Å². The molecule has 204 valence electrons. The fraction of sp³-hybridized carbons (Fsp3) is 0.321. The second-order valence-corrected chi connectivity index (χ2v) is 8.57. The average Bonchev–Trinajstić information content (AvgIpc) is 2.91. The maximum atomic E-state index is 12.8. The van der Waals surface area contributed by atoms with Gasteiger partial charge in [-0.3, -0.25) is 19.4 Å². The van der Waals surface area contributed by atoms with Crippen LogP contribution in [0.5, 0.6) is 0 Å². The van der Waals surface area contributed by atoms with Gasteiger partial charge in [0.25, 0.3) is 11.5 Å². The van der Waals surface area contributed by atoms with Gasteiger partial charge >= 0.3 is 11.9 Å². The quantitative estimate of drug-likeness (QED) is 0.202. The predicted molar refractivity (Wildman–Crippen MR) is 147 cm³/mol. The van der Waals surface area contributed by atoms with Crippen LogP contribution >= 0.6 is 0 Å². The Morgan fingerprint density at radius 2 is 1.82 bits per heavy atom. The van der Waals surface area contributed by atoms with E-state index >= 15 is 0 Å². The van der Waals surface area contributed by atoms with Crippen LogP contribution in [0.25, 0.3) is 10.9 Å². The number of H-pyrrole nitrogens is 1.